The Balaban J connectivity index is 2.66. The highest BCUT2D eigenvalue weighted by Gasteiger charge is 2.14. The molecule has 1 rings (SSSR count). The molecule has 0 saturated carbocycles. The predicted molar refractivity (Wildman–Crippen MR) is 67.6 cm³/mol. The molecule has 1 aromatic heterocycles. The van der Waals surface area contributed by atoms with Crippen LogP contribution in [0.25, 0.3) is 0 Å². The Morgan fingerprint density at radius 1 is 1.31 bits per heavy atom. The van der Waals surface area contributed by atoms with Gasteiger partial charge in [0.25, 0.3) is 0 Å². The van der Waals surface area contributed by atoms with Gasteiger partial charge in [0.1, 0.15) is 11.0 Å². The Kier molecular flexibility index (Phi) is 4.28. The second-order valence-corrected chi connectivity index (χ2v) is 5.87. The lowest BCUT2D eigenvalue weighted by Crippen LogP contribution is -2.29. The van der Waals surface area contributed by atoms with Crippen LogP contribution in [-0.4, -0.2) is 28.5 Å². The number of aryl methyl sites for hydroxylation is 1. The molecule has 0 spiro atoms. The van der Waals surface area contributed by atoms with Crippen LogP contribution in [-0.2, 0) is 6.54 Å². The maximum Gasteiger partial charge on any atom is 0.144 e. The van der Waals surface area contributed by atoms with Gasteiger partial charge in [0, 0.05) is 12.2 Å². The van der Waals surface area contributed by atoms with E-state index in [4.69, 9.17) is 11.6 Å². The molecule has 0 atom stereocenters. The summed E-state index contributed by atoms with van der Waals surface area (Å²) in [5.74, 6) is 0.789. The minimum Gasteiger partial charge on any atom is -0.299 e. The van der Waals surface area contributed by atoms with Crippen LogP contribution in [0.5, 0.6) is 0 Å². The molecule has 0 aliphatic heterocycles. The average molecular weight is 242 g/mol. The van der Waals surface area contributed by atoms with E-state index in [2.05, 4.69) is 42.7 Å². The molecule has 0 unspecified atom stereocenters. The molecular weight excluding hydrogens is 222 g/mol. The molecule has 4 heteroatoms. The molecule has 0 saturated heterocycles. The molecule has 0 radical (unpaired) electrons. The normalized spacial score (nSPS) is 12.2. The van der Waals surface area contributed by atoms with Crippen LogP contribution in [0, 0.1) is 12.3 Å². The van der Waals surface area contributed by atoms with Crippen LogP contribution >= 0.6 is 11.6 Å². The van der Waals surface area contributed by atoms with Gasteiger partial charge in [0.2, 0.25) is 0 Å². The van der Waals surface area contributed by atoms with Gasteiger partial charge in [0.15, 0.2) is 0 Å². The van der Waals surface area contributed by atoms with E-state index in [0.717, 1.165) is 24.6 Å². The summed E-state index contributed by atoms with van der Waals surface area (Å²) >= 11 is 5.90. The smallest absolute Gasteiger partial charge is 0.144 e. The first-order valence-corrected chi connectivity index (χ1v) is 5.83. The van der Waals surface area contributed by atoms with Crippen LogP contribution in [0.2, 0.25) is 5.15 Å². The second kappa shape index (κ2) is 5.11. The number of hydrogen-bond acceptors (Lipinski definition) is 3. The Morgan fingerprint density at radius 3 is 2.44 bits per heavy atom. The summed E-state index contributed by atoms with van der Waals surface area (Å²) in [7, 11) is 2.07. The molecule has 16 heavy (non-hydrogen) atoms. The Bertz CT molecular complexity index is 338. The van der Waals surface area contributed by atoms with E-state index in [9.17, 15) is 0 Å². The molecule has 3 nitrogen and oxygen atoms in total. The van der Waals surface area contributed by atoms with Crippen molar-refractivity contribution in [2.45, 2.75) is 34.2 Å². The van der Waals surface area contributed by atoms with Crippen LogP contribution in [0.4, 0.5) is 0 Å². The van der Waals surface area contributed by atoms with E-state index in [0.29, 0.717) is 5.15 Å². The first-order chi connectivity index (χ1) is 7.26. The van der Waals surface area contributed by atoms with Crippen molar-refractivity contribution in [2.75, 3.05) is 13.6 Å². The van der Waals surface area contributed by atoms with Crippen molar-refractivity contribution in [3.05, 3.63) is 22.7 Å². The van der Waals surface area contributed by atoms with Gasteiger partial charge in [0.05, 0.1) is 6.54 Å². The van der Waals surface area contributed by atoms with Crippen molar-refractivity contribution in [2.24, 2.45) is 5.41 Å². The van der Waals surface area contributed by atoms with Crippen molar-refractivity contribution in [1.82, 2.24) is 14.9 Å². The number of aromatic nitrogens is 2. The van der Waals surface area contributed by atoms with Crippen LogP contribution in [0.1, 0.15) is 32.3 Å². The zero-order valence-electron chi connectivity index (χ0n) is 10.7. The number of hydrogen-bond donors (Lipinski definition) is 0. The van der Waals surface area contributed by atoms with Gasteiger partial charge < -0.3 is 0 Å². The highest BCUT2D eigenvalue weighted by atomic mass is 35.5. The quantitative estimate of drug-likeness (QED) is 0.762. The highest BCUT2D eigenvalue weighted by Crippen LogP contribution is 2.15. The van der Waals surface area contributed by atoms with Crippen molar-refractivity contribution < 1.29 is 0 Å². The fourth-order valence-corrected chi connectivity index (χ4v) is 2.02. The average Bonchev–Trinajstić information content (AvgIpc) is 1.96. The van der Waals surface area contributed by atoms with Gasteiger partial charge in [-0.05, 0) is 25.5 Å². The monoisotopic (exact) mass is 241 g/mol. The lowest BCUT2D eigenvalue weighted by molar-refractivity contribution is 0.216. The van der Waals surface area contributed by atoms with Gasteiger partial charge in [-0.2, -0.15) is 0 Å². The maximum atomic E-state index is 5.90. The third-order valence-corrected chi connectivity index (χ3v) is 2.22. The molecule has 0 fully saturated rings. The van der Waals surface area contributed by atoms with E-state index < -0.39 is 0 Å². The number of rotatable bonds is 3. The fourth-order valence-electron chi connectivity index (χ4n) is 1.77. The molecule has 0 bridgehead atoms. The third kappa shape index (κ3) is 4.90. The summed E-state index contributed by atoms with van der Waals surface area (Å²) in [6, 6.07) is 1.77. The van der Waals surface area contributed by atoms with Crippen molar-refractivity contribution in [3.63, 3.8) is 0 Å². The summed E-state index contributed by atoms with van der Waals surface area (Å²) in [4.78, 5) is 10.8. The predicted octanol–water partition coefficient (Wildman–Crippen LogP) is 2.92. The lowest BCUT2D eigenvalue weighted by atomic mass is 9.96. The van der Waals surface area contributed by atoms with Gasteiger partial charge in [-0.3, -0.25) is 4.90 Å². The summed E-state index contributed by atoms with van der Waals surface area (Å²) in [5.41, 5.74) is 1.20. The Morgan fingerprint density at radius 2 is 1.94 bits per heavy atom. The van der Waals surface area contributed by atoms with Crippen LogP contribution < -0.4 is 0 Å². The SMILES string of the molecule is Cc1cc(Cl)nc(CN(C)CC(C)(C)C)n1. The molecule has 0 aromatic carbocycles. The van der Waals surface area contributed by atoms with Crippen molar-refractivity contribution in [3.8, 4) is 0 Å². The minimum absolute atomic E-state index is 0.280. The molecular formula is C12H20ClN3. The van der Waals surface area contributed by atoms with Crippen molar-refractivity contribution in [1.29, 1.82) is 0 Å². The summed E-state index contributed by atoms with van der Waals surface area (Å²) < 4.78 is 0. The molecule has 0 amide bonds. The maximum absolute atomic E-state index is 5.90. The van der Waals surface area contributed by atoms with E-state index in [1.165, 1.54) is 0 Å². The largest absolute Gasteiger partial charge is 0.299 e. The summed E-state index contributed by atoms with van der Waals surface area (Å²) in [6.07, 6.45) is 0. The molecule has 0 aliphatic carbocycles. The number of nitrogens with zero attached hydrogens (tertiary/aromatic N) is 3. The van der Waals surface area contributed by atoms with Crippen LogP contribution in [0.15, 0.2) is 6.07 Å². The fraction of sp³-hybridized carbons (Fsp3) is 0.667. The summed E-state index contributed by atoms with van der Waals surface area (Å²) in [5, 5.41) is 0.520. The zero-order chi connectivity index (χ0) is 12.3. The molecule has 0 aliphatic rings. The standard InChI is InChI=1S/C12H20ClN3/c1-9-6-10(13)15-11(14-9)7-16(5)8-12(2,3)4/h6H,7-8H2,1-5H3. The molecule has 1 heterocycles. The van der Waals surface area contributed by atoms with Gasteiger partial charge in [-0.25, -0.2) is 9.97 Å². The topological polar surface area (TPSA) is 29.0 Å². The first kappa shape index (κ1) is 13.4. The van der Waals surface area contributed by atoms with Crippen LogP contribution in [0.3, 0.4) is 0 Å². The van der Waals surface area contributed by atoms with Gasteiger partial charge in [-0.15, -0.1) is 0 Å². The van der Waals surface area contributed by atoms with Crippen molar-refractivity contribution >= 4 is 11.6 Å². The van der Waals surface area contributed by atoms with Gasteiger partial charge in [-0.1, -0.05) is 32.4 Å². The van der Waals surface area contributed by atoms with E-state index >= 15 is 0 Å². The van der Waals surface area contributed by atoms with E-state index in [1.54, 1.807) is 6.07 Å². The first-order valence-electron chi connectivity index (χ1n) is 5.45. The van der Waals surface area contributed by atoms with Gasteiger partial charge >= 0.3 is 0 Å². The highest BCUT2D eigenvalue weighted by molar-refractivity contribution is 6.29. The Hall–Kier alpha value is -0.670. The molecule has 1 aromatic rings. The van der Waals surface area contributed by atoms with E-state index in [-0.39, 0.29) is 5.41 Å². The molecule has 90 valence electrons. The van der Waals surface area contributed by atoms with E-state index in [1.807, 2.05) is 6.92 Å². The zero-order valence-corrected chi connectivity index (χ0v) is 11.5. The Labute approximate surface area is 103 Å². The minimum atomic E-state index is 0.280. The third-order valence-electron chi connectivity index (χ3n) is 2.02. The summed E-state index contributed by atoms with van der Waals surface area (Å²) in [6.45, 7) is 10.3. The molecule has 0 N–H and O–H groups in total. The second-order valence-electron chi connectivity index (χ2n) is 5.48. The number of halogens is 1. The lowest BCUT2D eigenvalue weighted by Gasteiger charge is -2.25.